The molecule has 0 saturated heterocycles. The zero-order valence-electron chi connectivity index (χ0n) is 12.6. The van der Waals surface area contributed by atoms with Crippen LogP contribution < -0.4 is 28.3 Å². The molecule has 0 aromatic heterocycles. The Kier molecular flexibility index (Phi) is 9.40. The fourth-order valence-electron chi connectivity index (χ4n) is 1.78. The summed E-state index contributed by atoms with van der Waals surface area (Å²) < 4.78 is 27.4. The second-order valence-electron chi connectivity index (χ2n) is 4.27. The molecule has 0 unspecified atom stereocenters. The first kappa shape index (κ1) is 18.2. The Balaban J connectivity index is 0.00000220. The smallest absolute Gasteiger partial charge is 0.548 e. The Morgan fingerprint density at radius 1 is 0.667 bits per heavy atom. The van der Waals surface area contributed by atoms with E-state index >= 15 is 0 Å². The third-order valence-corrected chi connectivity index (χ3v) is 2.80. The average molecular weight is 288 g/mol. The molecule has 0 spiro atoms. The van der Waals surface area contributed by atoms with Crippen LogP contribution >= 0.6 is 0 Å². The average Bonchev–Trinajstić information content (AvgIpc) is 2.46. The Morgan fingerprint density at radius 2 is 1.05 bits per heavy atom. The third-order valence-electron chi connectivity index (χ3n) is 2.80. The van der Waals surface area contributed by atoms with Crippen LogP contribution in [0.25, 0.3) is 0 Å². The van der Waals surface area contributed by atoms with Gasteiger partial charge in [0.15, 0.2) is 0 Å². The van der Waals surface area contributed by atoms with Gasteiger partial charge in [0.2, 0.25) is 0 Å². The SMILES string of the molecule is [CH2-]c1c2cccc1OCCOCCOCCOCCO2.[Li+]. The zero-order chi connectivity index (χ0) is 14.0. The minimum atomic E-state index is 0. The first-order valence-corrected chi connectivity index (χ1v) is 6.82. The molecule has 0 fully saturated rings. The van der Waals surface area contributed by atoms with Gasteiger partial charge in [-0.3, -0.25) is 0 Å². The van der Waals surface area contributed by atoms with Crippen molar-refractivity contribution in [2.24, 2.45) is 0 Å². The minimum absolute atomic E-state index is 0. The van der Waals surface area contributed by atoms with Gasteiger partial charge < -0.3 is 23.7 Å². The Bertz CT molecular complexity index is 367. The fraction of sp³-hybridized carbons (Fsp3) is 0.533. The summed E-state index contributed by atoms with van der Waals surface area (Å²) in [6.07, 6.45) is 0. The molecular formula is C15H21LiO5. The van der Waals surface area contributed by atoms with Crippen molar-refractivity contribution in [2.75, 3.05) is 52.9 Å². The molecule has 1 aliphatic rings. The van der Waals surface area contributed by atoms with E-state index in [0.29, 0.717) is 52.9 Å². The molecule has 2 rings (SSSR count). The Morgan fingerprint density at radius 3 is 1.48 bits per heavy atom. The summed E-state index contributed by atoms with van der Waals surface area (Å²) in [7, 11) is 0. The van der Waals surface area contributed by atoms with E-state index in [4.69, 9.17) is 23.7 Å². The Hall–Kier alpha value is -0.833. The summed E-state index contributed by atoms with van der Waals surface area (Å²) in [6.45, 7) is 8.24. The Labute approximate surface area is 138 Å². The molecule has 1 aliphatic heterocycles. The van der Waals surface area contributed by atoms with Crippen LogP contribution in [0, 0.1) is 6.92 Å². The molecule has 1 aromatic carbocycles. The first-order valence-electron chi connectivity index (χ1n) is 6.82. The summed E-state index contributed by atoms with van der Waals surface area (Å²) in [5.41, 5.74) is 0.753. The van der Waals surface area contributed by atoms with Gasteiger partial charge in [0.25, 0.3) is 0 Å². The van der Waals surface area contributed by atoms with Crippen LogP contribution in [0.4, 0.5) is 0 Å². The van der Waals surface area contributed by atoms with Gasteiger partial charge in [0.05, 0.1) is 52.9 Å². The van der Waals surface area contributed by atoms with Crippen LogP contribution in [-0.4, -0.2) is 52.9 Å². The normalized spacial score (nSPS) is 17.9. The van der Waals surface area contributed by atoms with Crippen molar-refractivity contribution in [3.05, 3.63) is 30.7 Å². The molecule has 0 saturated carbocycles. The maximum absolute atomic E-state index is 5.64. The van der Waals surface area contributed by atoms with Crippen molar-refractivity contribution in [1.29, 1.82) is 0 Å². The van der Waals surface area contributed by atoms with Crippen molar-refractivity contribution in [3.8, 4) is 11.5 Å². The van der Waals surface area contributed by atoms with Crippen LogP contribution in [-0.2, 0) is 14.2 Å². The predicted octanol–water partition coefficient (Wildman–Crippen LogP) is -1.31. The number of fused-ring (bicyclic) bond motifs is 2. The maximum Gasteiger partial charge on any atom is 1.00 e. The van der Waals surface area contributed by atoms with Crippen molar-refractivity contribution >= 4 is 0 Å². The molecule has 21 heavy (non-hydrogen) atoms. The third kappa shape index (κ3) is 6.64. The van der Waals surface area contributed by atoms with E-state index in [1.165, 1.54) is 0 Å². The molecule has 0 amide bonds. The summed E-state index contributed by atoms with van der Waals surface area (Å²) in [6, 6.07) is 5.63. The first-order chi connectivity index (χ1) is 9.88. The quantitative estimate of drug-likeness (QED) is 0.438. The number of hydrogen-bond acceptors (Lipinski definition) is 5. The maximum atomic E-state index is 5.64. The van der Waals surface area contributed by atoms with Gasteiger partial charge in [-0.1, -0.05) is 18.2 Å². The van der Waals surface area contributed by atoms with Crippen LogP contribution in [0.5, 0.6) is 11.5 Å². The van der Waals surface area contributed by atoms with Gasteiger partial charge in [-0.05, 0) is 0 Å². The van der Waals surface area contributed by atoms with E-state index in [-0.39, 0.29) is 18.9 Å². The molecular weight excluding hydrogens is 267 g/mol. The van der Waals surface area contributed by atoms with E-state index in [0.717, 1.165) is 17.1 Å². The van der Waals surface area contributed by atoms with Gasteiger partial charge >= 0.3 is 18.9 Å². The number of hydrogen-bond donors (Lipinski definition) is 0. The van der Waals surface area contributed by atoms with Crippen LogP contribution in [0.1, 0.15) is 5.56 Å². The molecule has 6 heteroatoms. The van der Waals surface area contributed by atoms with Crippen molar-refractivity contribution in [1.82, 2.24) is 0 Å². The monoisotopic (exact) mass is 288 g/mol. The second-order valence-corrected chi connectivity index (χ2v) is 4.27. The largest absolute Gasteiger partial charge is 1.00 e. The summed E-state index contributed by atoms with van der Waals surface area (Å²) >= 11 is 0. The van der Waals surface area contributed by atoms with Gasteiger partial charge in [0, 0.05) is 11.5 Å². The molecule has 1 aromatic rings. The van der Waals surface area contributed by atoms with Gasteiger partial charge in [0.1, 0.15) is 0 Å². The van der Waals surface area contributed by atoms with Crippen LogP contribution in [0.3, 0.4) is 0 Å². The van der Waals surface area contributed by atoms with Gasteiger partial charge in [-0.25, -0.2) is 0 Å². The number of rotatable bonds is 0. The number of ether oxygens (including phenoxy) is 5. The molecule has 1 heterocycles. The molecule has 0 aliphatic carbocycles. The van der Waals surface area contributed by atoms with Crippen LogP contribution in [0.15, 0.2) is 18.2 Å². The van der Waals surface area contributed by atoms with E-state index in [1.54, 1.807) is 0 Å². The summed E-state index contributed by atoms with van der Waals surface area (Å²) in [5.74, 6) is 1.44. The summed E-state index contributed by atoms with van der Waals surface area (Å²) in [4.78, 5) is 0. The predicted molar refractivity (Wildman–Crippen MR) is 74.3 cm³/mol. The minimum Gasteiger partial charge on any atom is -0.548 e. The van der Waals surface area contributed by atoms with Gasteiger partial charge in [-0.2, -0.15) is 6.92 Å². The standard InChI is InChI=1S/C15H21O5.Li/c1-13-14-3-2-4-15(13)20-12-10-18-8-6-16-5-7-17-9-11-19-14;/h2-4H,1,5-12H2;/q-1;+1. The molecule has 0 atom stereocenters. The van der Waals surface area contributed by atoms with Crippen molar-refractivity contribution in [2.45, 2.75) is 0 Å². The van der Waals surface area contributed by atoms with Gasteiger partial charge in [-0.15, -0.1) is 5.56 Å². The van der Waals surface area contributed by atoms with E-state index in [1.807, 2.05) is 18.2 Å². The summed E-state index contributed by atoms with van der Waals surface area (Å²) in [5, 5.41) is 0. The molecule has 112 valence electrons. The molecule has 0 radical (unpaired) electrons. The zero-order valence-corrected chi connectivity index (χ0v) is 12.6. The van der Waals surface area contributed by atoms with E-state index in [9.17, 15) is 0 Å². The van der Waals surface area contributed by atoms with Crippen molar-refractivity contribution in [3.63, 3.8) is 0 Å². The molecule has 0 N–H and O–H groups in total. The molecule has 5 nitrogen and oxygen atoms in total. The number of benzene rings is 1. The van der Waals surface area contributed by atoms with Crippen molar-refractivity contribution < 1.29 is 42.5 Å². The van der Waals surface area contributed by atoms with Crippen LogP contribution in [0.2, 0.25) is 0 Å². The van der Waals surface area contributed by atoms with E-state index in [2.05, 4.69) is 6.92 Å². The topological polar surface area (TPSA) is 46.2 Å². The van der Waals surface area contributed by atoms with E-state index < -0.39 is 0 Å². The molecule has 2 bridgehead atoms. The second kappa shape index (κ2) is 10.8. The fourth-order valence-corrected chi connectivity index (χ4v) is 1.78.